The lowest BCUT2D eigenvalue weighted by Crippen LogP contribution is -2.22. The van der Waals surface area contributed by atoms with E-state index in [4.69, 9.17) is 16.9 Å². The van der Waals surface area contributed by atoms with Crippen molar-refractivity contribution < 1.29 is 9.18 Å². The molecule has 1 aromatic carbocycles. The van der Waals surface area contributed by atoms with Gasteiger partial charge in [0.1, 0.15) is 11.2 Å². The van der Waals surface area contributed by atoms with Crippen molar-refractivity contribution in [2.45, 2.75) is 12.8 Å². The molecule has 0 aromatic heterocycles. The van der Waals surface area contributed by atoms with E-state index in [1.807, 2.05) is 6.07 Å². The van der Waals surface area contributed by atoms with Crippen LogP contribution in [-0.2, 0) is 4.79 Å². The Balaban J connectivity index is 2.16. The maximum Gasteiger partial charge on any atom is 0.244 e. The van der Waals surface area contributed by atoms with Crippen molar-refractivity contribution >= 4 is 23.2 Å². The lowest BCUT2D eigenvalue weighted by molar-refractivity contribution is -0.119. The van der Waals surface area contributed by atoms with E-state index in [9.17, 15) is 9.18 Å². The predicted octanol–water partition coefficient (Wildman–Crippen LogP) is 2.72. The predicted molar refractivity (Wildman–Crippen MR) is 57.3 cm³/mol. The molecule has 5 heteroatoms. The summed E-state index contributed by atoms with van der Waals surface area (Å²) in [6.45, 7) is 0. The van der Waals surface area contributed by atoms with Gasteiger partial charge in [-0.05, 0) is 31.0 Å². The maximum absolute atomic E-state index is 13.0. The summed E-state index contributed by atoms with van der Waals surface area (Å²) in [7, 11) is 0. The molecule has 1 N–H and O–H groups in total. The lowest BCUT2D eigenvalue weighted by Gasteiger charge is -2.08. The number of carbonyl (C=O) groups is 1. The van der Waals surface area contributed by atoms with E-state index in [1.54, 1.807) is 0 Å². The van der Waals surface area contributed by atoms with Crippen LogP contribution in [-0.4, -0.2) is 5.91 Å². The normalized spacial score (nSPS) is 16.3. The molecule has 0 unspecified atom stereocenters. The second-order valence-electron chi connectivity index (χ2n) is 3.81. The quantitative estimate of drug-likeness (QED) is 0.861. The second-order valence-corrected chi connectivity index (χ2v) is 4.24. The van der Waals surface area contributed by atoms with Crippen molar-refractivity contribution in [1.29, 1.82) is 5.26 Å². The average Bonchev–Trinajstić information content (AvgIpc) is 2.96. The van der Waals surface area contributed by atoms with Gasteiger partial charge in [0.2, 0.25) is 5.91 Å². The van der Waals surface area contributed by atoms with E-state index in [2.05, 4.69) is 5.32 Å². The number of benzene rings is 1. The number of amides is 1. The summed E-state index contributed by atoms with van der Waals surface area (Å²) in [5.74, 6) is -0.915. The molecule has 1 aromatic rings. The van der Waals surface area contributed by atoms with E-state index in [0.29, 0.717) is 12.8 Å². The van der Waals surface area contributed by atoms with Crippen molar-refractivity contribution in [3.8, 4) is 6.07 Å². The van der Waals surface area contributed by atoms with E-state index in [-0.39, 0.29) is 10.7 Å². The molecule has 2 rings (SSSR count). The molecule has 1 fully saturated rings. The van der Waals surface area contributed by atoms with Crippen LogP contribution in [0.2, 0.25) is 5.02 Å². The molecule has 0 atom stereocenters. The molecule has 1 aliphatic carbocycles. The van der Waals surface area contributed by atoms with E-state index in [0.717, 1.165) is 12.1 Å². The van der Waals surface area contributed by atoms with Crippen molar-refractivity contribution in [2.24, 2.45) is 5.41 Å². The molecule has 0 bridgehead atoms. The van der Waals surface area contributed by atoms with E-state index in [1.165, 1.54) is 6.07 Å². The van der Waals surface area contributed by atoms with Crippen LogP contribution in [0, 0.1) is 22.6 Å². The van der Waals surface area contributed by atoms with Crippen LogP contribution in [0.25, 0.3) is 0 Å². The maximum atomic E-state index is 13.0. The second kappa shape index (κ2) is 3.76. The molecule has 16 heavy (non-hydrogen) atoms. The first-order chi connectivity index (χ1) is 7.55. The summed E-state index contributed by atoms with van der Waals surface area (Å²) < 4.78 is 13.0. The number of nitrogens with one attached hydrogen (secondary N) is 1. The molecule has 3 nitrogen and oxygen atoms in total. The van der Waals surface area contributed by atoms with Gasteiger partial charge < -0.3 is 5.32 Å². The molecule has 1 aliphatic rings. The standard InChI is InChI=1S/C11H8ClFN2O/c12-7-3-8(13)5-9(4-7)15-10(16)11(6-14)1-2-11/h3-5H,1-2H2,(H,15,16). The summed E-state index contributed by atoms with van der Waals surface area (Å²) in [5.41, 5.74) is -0.643. The van der Waals surface area contributed by atoms with Gasteiger partial charge in [0, 0.05) is 10.7 Å². The summed E-state index contributed by atoms with van der Waals surface area (Å²) in [5, 5.41) is 11.5. The molecule has 0 saturated heterocycles. The molecule has 0 radical (unpaired) electrons. The highest BCUT2D eigenvalue weighted by atomic mass is 35.5. The Hall–Kier alpha value is -1.60. The minimum atomic E-state index is -0.918. The average molecular weight is 239 g/mol. The van der Waals surface area contributed by atoms with Gasteiger partial charge in [0.05, 0.1) is 6.07 Å². The van der Waals surface area contributed by atoms with Gasteiger partial charge in [0.25, 0.3) is 0 Å². The number of halogens is 2. The van der Waals surface area contributed by atoms with Crippen molar-refractivity contribution in [2.75, 3.05) is 5.32 Å². The van der Waals surface area contributed by atoms with Crippen molar-refractivity contribution in [3.63, 3.8) is 0 Å². The highest BCUT2D eigenvalue weighted by Gasteiger charge is 2.50. The Kier molecular flexibility index (Phi) is 2.56. The molecule has 82 valence electrons. The topological polar surface area (TPSA) is 52.9 Å². The van der Waals surface area contributed by atoms with Gasteiger partial charge in [-0.2, -0.15) is 5.26 Å². The molecule has 0 aliphatic heterocycles. The van der Waals surface area contributed by atoms with Crippen LogP contribution >= 0.6 is 11.6 Å². The summed E-state index contributed by atoms with van der Waals surface area (Å²) in [6.07, 6.45) is 1.11. The molecule has 1 amide bonds. The Morgan fingerprint density at radius 1 is 1.50 bits per heavy atom. The third kappa shape index (κ3) is 2.00. The summed E-state index contributed by atoms with van der Waals surface area (Å²) in [6, 6.07) is 5.71. The van der Waals surface area contributed by atoms with E-state index < -0.39 is 17.1 Å². The number of carbonyl (C=O) groups excluding carboxylic acids is 1. The SMILES string of the molecule is N#CC1(C(=O)Nc2cc(F)cc(Cl)c2)CC1. The first-order valence-corrected chi connectivity index (χ1v) is 5.12. The Bertz CT molecular complexity index is 471. The van der Waals surface area contributed by atoms with E-state index >= 15 is 0 Å². The number of hydrogen-bond acceptors (Lipinski definition) is 2. The zero-order valence-electron chi connectivity index (χ0n) is 8.26. The number of nitriles is 1. The molecule has 0 heterocycles. The Labute approximate surface area is 96.8 Å². The molecule has 1 saturated carbocycles. The van der Waals surface area contributed by atoms with Gasteiger partial charge in [0.15, 0.2) is 0 Å². The van der Waals surface area contributed by atoms with Crippen LogP contribution in [0.5, 0.6) is 0 Å². The van der Waals surface area contributed by atoms with Gasteiger partial charge in [-0.3, -0.25) is 4.79 Å². The zero-order valence-corrected chi connectivity index (χ0v) is 9.01. The smallest absolute Gasteiger partial charge is 0.244 e. The highest BCUT2D eigenvalue weighted by Crippen LogP contribution is 2.45. The summed E-state index contributed by atoms with van der Waals surface area (Å²) >= 11 is 5.64. The highest BCUT2D eigenvalue weighted by molar-refractivity contribution is 6.30. The minimum Gasteiger partial charge on any atom is -0.325 e. The van der Waals surface area contributed by atoms with Crippen molar-refractivity contribution in [1.82, 2.24) is 0 Å². The number of hydrogen-bond donors (Lipinski definition) is 1. The van der Waals surface area contributed by atoms with Crippen LogP contribution in [0.4, 0.5) is 10.1 Å². The van der Waals surface area contributed by atoms with Crippen molar-refractivity contribution in [3.05, 3.63) is 29.0 Å². The fourth-order valence-electron chi connectivity index (χ4n) is 1.39. The van der Waals surface area contributed by atoms with Crippen LogP contribution < -0.4 is 5.32 Å². The molecule has 0 spiro atoms. The van der Waals surface area contributed by atoms with Crippen LogP contribution in [0.1, 0.15) is 12.8 Å². The third-order valence-corrected chi connectivity index (χ3v) is 2.74. The fraction of sp³-hybridized carbons (Fsp3) is 0.273. The Morgan fingerprint density at radius 3 is 2.69 bits per heavy atom. The first-order valence-electron chi connectivity index (χ1n) is 4.74. The molecular formula is C11H8ClFN2O. The zero-order chi connectivity index (χ0) is 11.8. The third-order valence-electron chi connectivity index (χ3n) is 2.52. The molecular weight excluding hydrogens is 231 g/mol. The first kappa shape index (κ1) is 10.9. The monoisotopic (exact) mass is 238 g/mol. The number of anilines is 1. The number of rotatable bonds is 2. The van der Waals surface area contributed by atoms with Gasteiger partial charge in [-0.25, -0.2) is 4.39 Å². The van der Waals surface area contributed by atoms with Crippen LogP contribution in [0.15, 0.2) is 18.2 Å². The minimum absolute atomic E-state index is 0.206. The van der Waals surface area contributed by atoms with Gasteiger partial charge in [-0.1, -0.05) is 11.6 Å². The van der Waals surface area contributed by atoms with Crippen LogP contribution in [0.3, 0.4) is 0 Å². The number of nitrogens with zero attached hydrogens (tertiary/aromatic N) is 1. The summed E-state index contributed by atoms with van der Waals surface area (Å²) in [4.78, 5) is 11.7. The van der Waals surface area contributed by atoms with Gasteiger partial charge in [-0.15, -0.1) is 0 Å². The van der Waals surface area contributed by atoms with Gasteiger partial charge >= 0.3 is 0 Å². The fourth-order valence-corrected chi connectivity index (χ4v) is 1.61. The lowest BCUT2D eigenvalue weighted by atomic mass is 10.1. The Morgan fingerprint density at radius 2 is 2.19 bits per heavy atom. The largest absolute Gasteiger partial charge is 0.325 e.